The van der Waals surface area contributed by atoms with Gasteiger partial charge < -0.3 is 9.73 Å². The molecular formula is C9H8N4O4. The van der Waals surface area contributed by atoms with E-state index in [0.29, 0.717) is 5.76 Å². The monoisotopic (exact) mass is 236 g/mol. The fraction of sp³-hybridized carbons (Fsp3) is 0.111. The Hall–Kier alpha value is -2.64. The van der Waals surface area contributed by atoms with Crippen molar-refractivity contribution in [3.63, 3.8) is 0 Å². The topological polar surface area (TPSA) is 121 Å². The van der Waals surface area contributed by atoms with Crippen LogP contribution in [0.1, 0.15) is 16.2 Å². The Labute approximate surface area is 93.7 Å². The first kappa shape index (κ1) is 10.9. The van der Waals surface area contributed by atoms with Gasteiger partial charge in [0.25, 0.3) is 11.5 Å². The molecule has 0 bridgehead atoms. The van der Waals surface area contributed by atoms with E-state index in [1.165, 1.54) is 6.26 Å². The minimum absolute atomic E-state index is 0.131. The Balaban J connectivity index is 2.10. The molecule has 0 aliphatic carbocycles. The molecule has 0 spiro atoms. The van der Waals surface area contributed by atoms with Crippen LogP contribution in [-0.4, -0.2) is 21.1 Å². The maximum absolute atomic E-state index is 11.5. The standard InChI is InChI=1S/C9H8N4O4/c14-7(10-4-5-2-1-3-17-5)6-8(15)11-9(16)13-12-6/h1-3H,4H2,(H,10,14)(H2,11,13,15,16). The van der Waals surface area contributed by atoms with Gasteiger partial charge in [-0.3, -0.25) is 14.6 Å². The molecule has 17 heavy (non-hydrogen) atoms. The molecule has 0 saturated carbocycles. The van der Waals surface area contributed by atoms with Crippen LogP contribution in [0.4, 0.5) is 0 Å². The lowest BCUT2D eigenvalue weighted by Gasteiger charge is -2.00. The van der Waals surface area contributed by atoms with Crippen molar-refractivity contribution in [2.45, 2.75) is 6.54 Å². The van der Waals surface area contributed by atoms with Crippen molar-refractivity contribution in [2.75, 3.05) is 0 Å². The zero-order valence-corrected chi connectivity index (χ0v) is 8.52. The molecule has 0 unspecified atom stereocenters. The number of furan rings is 1. The van der Waals surface area contributed by atoms with Crippen molar-refractivity contribution in [3.8, 4) is 0 Å². The first-order chi connectivity index (χ1) is 8.16. The Morgan fingerprint density at radius 2 is 2.29 bits per heavy atom. The van der Waals surface area contributed by atoms with E-state index in [-0.39, 0.29) is 6.54 Å². The highest BCUT2D eigenvalue weighted by Gasteiger charge is 2.12. The molecule has 2 aromatic rings. The van der Waals surface area contributed by atoms with Gasteiger partial charge in [0.05, 0.1) is 12.8 Å². The first-order valence-corrected chi connectivity index (χ1v) is 4.66. The Kier molecular flexibility index (Phi) is 2.86. The number of nitrogens with one attached hydrogen (secondary N) is 3. The van der Waals surface area contributed by atoms with Crippen LogP contribution >= 0.6 is 0 Å². The molecular weight excluding hydrogens is 228 g/mol. The van der Waals surface area contributed by atoms with Crippen molar-refractivity contribution < 1.29 is 9.21 Å². The van der Waals surface area contributed by atoms with Crippen LogP contribution in [0.2, 0.25) is 0 Å². The molecule has 3 N–H and O–H groups in total. The molecule has 2 aromatic heterocycles. The van der Waals surface area contributed by atoms with Gasteiger partial charge in [-0.15, -0.1) is 0 Å². The second kappa shape index (κ2) is 4.47. The van der Waals surface area contributed by atoms with Crippen LogP contribution in [0.5, 0.6) is 0 Å². The smallest absolute Gasteiger partial charge is 0.342 e. The molecule has 0 aliphatic rings. The maximum Gasteiger partial charge on any atom is 0.342 e. The Morgan fingerprint density at radius 1 is 1.47 bits per heavy atom. The van der Waals surface area contributed by atoms with E-state index in [1.54, 1.807) is 12.1 Å². The van der Waals surface area contributed by atoms with Crippen LogP contribution in [0.25, 0.3) is 0 Å². The van der Waals surface area contributed by atoms with Gasteiger partial charge in [-0.1, -0.05) is 0 Å². The lowest BCUT2D eigenvalue weighted by Crippen LogP contribution is -2.35. The van der Waals surface area contributed by atoms with E-state index >= 15 is 0 Å². The average Bonchev–Trinajstić information content (AvgIpc) is 2.78. The normalized spacial score (nSPS) is 10.1. The van der Waals surface area contributed by atoms with Gasteiger partial charge in [0.15, 0.2) is 0 Å². The average molecular weight is 236 g/mol. The highest BCUT2D eigenvalue weighted by Crippen LogP contribution is 1.98. The summed E-state index contributed by atoms with van der Waals surface area (Å²) in [5, 5.41) is 7.75. The van der Waals surface area contributed by atoms with E-state index in [2.05, 4.69) is 10.4 Å². The van der Waals surface area contributed by atoms with E-state index in [4.69, 9.17) is 4.42 Å². The summed E-state index contributed by atoms with van der Waals surface area (Å²) in [6.45, 7) is 0.131. The molecule has 8 heteroatoms. The molecule has 0 atom stereocenters. The lowest BCUT2D eigenvalue weighted by molar-refractivity contribution is 0.0940. The molecule has 1 amide bonds. The van der Waals surface area contributed by atoms with Crippen LogP contribution in [0.3, 0.4) is 0 Å². The number of aromatic amines is 2. The Morgan fingerprint density at radius 3 is 2.94 bits per heavy atom. The molecule has 0 aliphatic heterocycles. The van der Waals surface area contributed by atoms with Gasteiger partial charge in [-0.2, -0.15) is 5.10 Å². The molecule has 2 rings (SSSR count). The molecule has 0 radical (unpaired) electrons. The number of hydrogen-bond donors (Lipinski definition) is 3. The van der Waals surface area contributed by atoms with E-state index < -0.39 is 22.9 Å². The van der Waals surface area contributed by atoms with Crippen LogP contribution in [-0.2, 0) is 6.54 Å². The molecule has 0 saturated heterocycles. The number of H-pyrrole nitrogens is 2. The second-order valence-corrected chi connectivity index (χ2v) is 3.12. The molecule has 0 fully saturated rings. The molecule has 2 heterocycles. The summed E-state index contributed by atoms with van der Waals surface area (Å²) in [5.41, 5.74) is -2.01. The minimum atomic E-state index is -0.842. The van der Waals surface area contributed by atoms with Crippen molar-refractivity contribution in [1.82, 2.24) is 20.5 Å². The van der Waals surface area contributed by atoms with Crippen molar-refractivity contribution in [1.29, 1.82) is 0 Å². The molecule has 0 aromatic carbocycles. The zero-order chi connectivity index (χ0) is 12.3. The zero-order valence-electron chi connectivity index (χ0n) is 8.52. The van der Waals surface area contributed by atoms with E-state index in [9.17, 15) is 14.4 Å². The van der Waals surface area contributed by atoms with Gasteiger partial charge in [0.1, 0.15) is 5.76 Å². The van der Waals surface area contributed by atoms with Crippen LogP contribution in [0.15, 0.2) is 32.4 Å². The summed E-state index contributed by atoms with van der Waals surface area (Å²) in [6.07, 6.45) is 1.46. The van der Waals surface area contributed by atoms with E-state index in [1.807, 2.05) is 10.1 Å². The predicted octanol–water partition coefficient (Wildman–Crippen LogP) is -1.02. The van der Waals surface area contributed by atoms with Crippen molar-refractivity contribution >= 4 is 5.91 Å². The van der Waals surface area contributed by atoms with Crippen LogP contribution < -0.4 is 16.6 Å². The number of amides is 1. The third kappa shape index (κ3) is 2.48. The van der Waals surface area contributed by atoms with Crippen LogP contribution in [0, 0.1) is 0 Å². The highest BCUT2D eigenvalue weighted by atomic mass is 16.3. The minimum Gasteiger partial charge on any atom is -0.467 e. The summed E-state index contributed by atoms with van der Waals surface area (Å²) in [5.74, 6) is -0.155. The summed E-state index contributed by atoms with van der Waals surface area (Å²) in [6, 6.07) is 3.34. The summed E-state index contributed by atoms with van der Waals surface area (Å²) >= 11 is 0. The number of carbonyl (C=O) groups excluding carboxylic acids is 1. The third-order valence-electron chi connectivity index (χ3n) is 1.93. The summed E-state index contributed by atoms with van der Waals surface area (Å²) in [7, 11) is 0. The maximum atomic E-state index is 11.5. The second-order valence-electron chi connectivity index (χ2n) is 3.12. The predicted molar refractivity (Wildman–Crippen MR) is 55.4 cm³/mol. The van der Waals surface area contributed by atoms with Gasteiger partial charge in [-0.25, -0.2) is 9.89 Å². The van der Waals surface area contributed by atoms with Gasteiger partial charge in [0, 0.05) is 0 Å². The fourth-order valence-electron chi connectivity index (χ4n) is 1.17. The fourth-order valence-corrected chi connectivity index (χ4v) is 1.17. The van der Waals surface area contributed by atoms with Gasteiger partial charge in [0.2, 0.25) is 5.69 Å². The number of hydrogen-bond acceptors (Lipinski definition) is 5. The summed E-state index contributed by atoms with van der Waals surface area (Å²) in [4.78, 5) is 35.3. The Bertz CT molecular complexity index is 625. The van der Waals surface area contributed by atoms with Gasteiger partial charge in [-0.05, 0) is 12.1 Å². The first-order valence-electron chi connectivity index (χ1n) is 4.66. The lowest BCUT2D eigenvalue weighted by atomic mass is 10.4. The molecule has 8 nitrogen and oxygen atoms in total. The van der Waals surface area contributed by atoms with Gasteiger partial charge >= 0.3 is 5.69 Å². The number of rotatable bonds is 3. The van der Waals surface area contributed by atoms with Crippen molar-refractivity contribution in [2.24, 2.45) is 0 Å². The van der Waals surface area contributed by atoms with Crippen molar-refractivity contribution in [3.05, 3.63) is 50.7 Å². The third-order valence-corrected chi connectivity index (χ3v) is 1.93. The largest absolute Gasteiger partial charge is 0.467 e. The number of carbonyl (C=O) groups is 1. The van der Waals surface area contributed by atoms with E-state index in [0.717, 1.165) is 0 Å². The molecule has 88 valence electrons. The number of aromatic nitrogens is 3. The quantitative estimate of drug-likeness (QED) is 0.629. The number of nitrogens with zero attached hydrogens (tertiary/aromatic N) is 1. The highest BCUT2D eigenvalue weighted by molar-refractivity contribution is 5.91. The summed E-state index contributed by atoms with van der Waals surface area (Å²) < 4.78 is 4.99. The SMILES string of the molecule is O=C(NCc1ccco1)c1n[nH]c(=O)[nH]c1=O.